The Hall–Kier alpha value is -4.61. The number of nitrogens with one attached hydrogen (secondary N) is 2. The quantitative estimate of drug-likeness (QED) is 0.306. The van der Waals surface area contributed by atoms with Crippen LogP contribution in [0.4, 0.5) is 10.2 Å². The second-order valence-electron chi connectivity index (χ2n) is 11.1. The van der Waals surface area contributed by atoms with Gasteiger partial charge in [-0.15, -0.1) is 10.2 Å². The Morgan fingerprint density at radius 2 is 1.88 bits per heavy atom. The molecule has 1 amide bonds. The lowest BCUT2D eigenvalue weighted by atomic mass is 9.85. The van der Waals surface area contributed by atoms with E-state index in [-0.39, 0.29) is 35.6 Å². The monoisotopic (exact) mass is 538 g/mol. The van der Waals surface area contributed by atoms with Crippen molar-refractivity contribution in [3.63, 3.8) is 0 Å². The van der Waals surface area contributed by atoms with Gasteiger partial charge in [0.15, 0.2) is 5.65 Å². The van der Waals surface area contributed by atoms with E-state index in [1.165, 1.54) is 12.4 Å². The van der Waals surface area contributed by atoms with E-state index in [0.717, 1.165) is 55.3 Å². The van der Waals surface area contributed by atoms with E-state index >= 15 is 4.39 Å². The van der Waals surface area contributed by atoms with Crippen LogP contribution in [0.2, 0.25) is 0 Å². The summed E-state index contributed by atoms with van der Waals surface area (Å²) in [6.07, 6.45) is 12.1. The molecular formula is C28H27FN10O. The van der Waals surface area contributed by atoms with Crippen LogP contribution in [0.3, 0.4) is 0 Å². The highest BCUT2D eigenvalue weighted by molar-refractivity contribution is 5.91. The Morgan fingerprint density at radius 1 is 1.05 bits per heavy atom. The SMILES string of the molecule is Nc1c(C2CC2)c(C2C[C@H]3CC[C@@H](C2)N3C(=O)c2nnc[nH]2)nc2c(-c3ccc(-c4ncc[nH]4)c(F)c3)cnn12. The minimum atomic E-state index is -0.380. The summed E-state index contributed by atoms with van der Waals surface area (Å²) < 4.78 is 16.9. The van der Waals surface area contributed by atoms with Gasteiger partial charge in [0.2, 0.25) is 5.82 Å². The first-order chi connectivity index (χ1) is 19.6. The van der Waals surface area contributed by atoms with Gasteiger partial charge in [-0.05, 0) is 62.1 Å². The molecule has 2 bridgehead atoms. The van der Waals surface area contributed by atoms with Gasteiger partial charge in [0.1, 0.15) is 23.8 Å². The number of imidazole rings is 1. The number of piperidine rings is 1. The Balaban J connectivity index is 1.18. The Kier molecular flexibility index (Phi) is 5.07. The molecule has 4 N–H and O–H groups in total. The Morgan fingerprint density at radius 3 is 2.55 bits per heavy atom. The van der Waals surface area contributed by atoms with Gasteiger partial charge in [-0.25, -0.2) is 14.4 Å². The molecule has 3 fully saturated rings. The average molecular weight is 539 g/mol. The van der Waals surface area contributed by atoms with Crippen molar-refractivity contribution in [2.45, 2.75) is 62.4 Å². The summed E-state index contributed by atoms with van der Waals surface area (Å²) in [5.74, 6) is 1.43. The molecule has 3 atom stereocenters. The van der Waals surface area contributed by atoms with Crippen molar-refractivity contribution in [2.24, 2.45) is 0 Å². The smallest absolute Gasteiger partial charge is 0.292 e. The maximum absolute atomic E-state index is 15.2. The molecule has 4 aromatic heterocycles. The summed E-state index contributed by atoms with van der Waals surface area (Å²) in [6.45, 7) is 0. The Labute approximate surface area is 228 Å². The fraction of sp³-hybridized carbons (Fsp3) is 0.357. The molecule has 0 radical (unpaired) electrons. The highest BCUT2D eigenvalue weighted by Gasteiger charge is 2.46. The number of hydrogen-bond donors (Lipinski definition) is 3. The van der Waals surface area contributed by atoms with Crippen LogP contribution < -0.4 is 5.73 Å². The summed E-state index contributed by atoms with van der Waals surface area (Å²) in [4.78, 5) is 30.4. The van der Waals surface area contributed by atoms with Crippen molar-refractivity contribution in [2.75, 3.05) is 5.73 Å². The van der Waals surface area contributed by atoms with Gasteiger partial charge in [-0.2, -0.15) is 9.61 Å². The van der Waals surface area contributed by atoms with E-state index in [0.29, 0.717) is 34.3 Å². The molecule has 5 aromatic rings. The maximum Gasteiger partial charge on any atom is 0.292 e. The van der Waals surface area contributed by atoms with Crippen molar-refractivity contribution >= 4 is 17.4 Å². The zero-order valence-electron chi connectivity index (χ0n) is 21.6. The maximum atomic E-state index is 15.2. The number of H-pyrrole nitrogens is 2. The van der Waals surface area contributed by atoms with E-state index in [4.69, 9.17) is 10.7 Å². The van der Waals surface area contributed by atoms with E-state index < -0.39 is 0 Å². The van der Waals surface area contributed by atoms with E-state index in [1.54, 1.807) is 29.2 Å². The molecular weight excluding hydrogens is 511 g/mol. The minimum absolute atomic E-state index is 0.0908. The molecule has 2 aliphatic heterocycles. The van der Waals surface area contributed by atoms with Crippen molar-refractivity contribution in [3.05, 3.63) is 66.0 Å². The number of anilines is 1. The zero-order valence-corrected chi connectivity index (χ0v) is 21.6. The second kappa shape index (κ2) is 8.70. The highest BCUT2D eigenvalue weighted by atomic mass is 19.1. The van der Waals surface area contributed by atoms with Crippen LogP contribution in [-0.4, -0.2) is 62.6 Å². The molecule has 1 saturated carbocycles. The van der Waals surface area contributed by atoms with Crippen LogP contribution in [0.1, 0.15) is 72.2 Å². The standard InChI is InChI=1S/C28H27FN10O/c29-21-11-15(3-6-19(21)25-31-7-8-32-25)20-12-35-39-24(30)22(14-1-2-14)23(36-27(20)39)16-9-17-4-5-18(10-16)38(17)28(40)26-33-13-34-37-26/h3,6-8,11-14,16-18H,1-2,4-5,9-10,30H2,(H,31,32)(H,33,34,37)/t16?,17-,18+. The first-order valence-corrected chi connectivity index (χ1v) is 13.7. The Bertz CT molecular complexity index is 1730. The molecule has 0 spiro atoms. The van der Waals surface area contributed by atoms with Gasteiger partial charge in [-0.3, -0.25) is 4.79 Å². The second-order valence-corrected chi connectivity index (χ2v) is 11.1. The molecule has 1 aliphatic carbocycles. The summed E-state index contributed by atoms with van der Waals surface area (Å²) in [6, 6.07) is 5.29. The number of aromatic nitrogens is 8. The number of aromatic amines is 2. The molecule has 3 aliphatic rings. The van der Waals surface area contributed by atoms with E-state index in [1.807, 2.05) is 11.0 Å². The third-order valence-electron chi connectivity index (χ3n) is 8.74. The number of hydrogen-bond acceptors (Lipinski definition) is 7. The molecule has 40 heavy (non-hydrogen) atoms. The number of carbonyl (C=O) groups excluding carboxylic acids is 1. The van der Waals surface area contributed by atoms with Crippen LogP contribution in [0.15, 0.2) is 43.1 Å². The molecule has 12 heteroatoms. The zero-order chi connectivity index (χ0) is 27.0. The number of rotatable bonds is 5. The molecule has 1 unspecified atom stereocenters. The summed E-state index contributed by atoms with van der Waals surface area (Å²) in [5.41, 5.74) is 11.3. The lowest BCUT2D eigenvalue weighted by Crippen LogP contribution is -2.46. The van der Waals surface area contributed by atoms with Gasteiger partial charge in [-0.1, -0.05) is 6.07 Å². The third kappa shape index (κ3) is 3.55. The molecule has 2 saturated heterocycles. The van der Waals surface area contributed by atoms with Gasteiger partial charge in [0, 0.05) is 41.5 Å². The third-order valence-corrected chi connectivity index (χ3v) is 8.74. The normalized spacial score (nSPS) is 22.3. The van der Waals surface area contributed by atoms with Crippen LogP contribution in [0.5, 0.6) is 0 Å². The number of nitrogen functional groups attached to an aromatic ring is 1. The summed E-state index contributed by atoms with van der Waals surface area (Å²) >= 11 is 0. The molecule has 6 heterocycles. The number of carbonyl (C=O) groups is 1. The molecule has 11 nitrogen and oxygen atoms in total. The number of benzene rings is 1. The van der Waals surface area contributed by atoms with Crippen molar-refractivity contribution in [1.82, 2.24) is 44.6 Å². The van der Waals surface area contributed by atoms with Crippen LogP contribution in [-0.2, 0) is 0 Å². The largest absolute Gasteiger partial charge is 0.383 e. The van der Waals surface area contributed by atoms with E-state index in [9.17, 15) is 4.79 Å². The van der Waals surface area contributed by atoms with Crippen molar-refractivity contribution in [1.29, 1.82) is 0 Å². The van der Waals surface area contributed by atoms with Crippen molar-refractivity contribution < 1.29 is 9.18 Å². The predicted molar refractivity (Wildman–Crippen MR) is 144 cm³/mol. The molecule has 8 rings (SSSR count). The van der Waals surface area contributed by atoms with Gasteiger partial charge in [0.25, 0.3) is 5.91 Å². The summed E-state index contributed by atoms with van der Waals surface area (Å²) in [7, 11) is 0. The summed E-state index contributed by atoms with van der Waals surface area (Å²) in [5, 5.41) is 12.3. The van der Waals surface area contributed by atoms with Gasteiger partial charge in [0.05, 0.1) is 17.5 Å². The fourth-order valence-corrected chi connectivity index (χ4v) is 6.80. The molecule has 202 valence electrons. The van der Waals surface area contributed by atoms with Crippen LogP contribution in [0.25, 0.3) is 28.2 Å². The lowest BCUT2D eigenvalue weighted by molar-refractivity contribution is 0.0557. The van der Waals surface area contributed by atoms with Crippen molar-refractivity contribution in [3.8, 4) is 22.5 Å². The fourth-order valence-electron chi connectivity index (χ4n) is 6.80. The number of fused-ring (bicyclic) bond motifs is 3. The van der Waals surface area contributed by atoms with Gasteiger partial charge < -0.3 is 20.6 Å². The first-order valence-electron chi connectivity index (χ1n) is 13.7. The van der Waals surface area contributed by atoms with E-state index in [2.05, 4.69) is 30.2 Å². The van der Waals surface area contributed by atoms with Gasteiger partial charge >= 0.3 is 0 Å². The predicted octanol–water partition coefficient (Wildman–Crippen LogP) is 4.05. The number of nitrogens with zero attached hydrogens (tertiary/aromatic N) is 7. The number of nitrogens with two attached hydrogens (primary N) is 1. The average Bonchev–Trinajstić information content (AvgIpc) is 3.37. The first kappa shape index (κ1) is 23.3. The number of halogens is 1. The number of amides is 1. The van der Waals surface area contributed by atoms with Crippen LogP contribution >= 0.6 is 0 Å². The topological polar surface area (TPSA) is 147 Å². The highest BCUT2D eigenvalue weighted by Crippen LogP contribution is 2.50. The molecule has 1 aromatic carbocycles. The van der Waals surface area contributed by atoms with Crippen LogP contribution in [0, 0.1) is 5.82 Å². The minimum Gasteiger partial charge on any atom is -0.383 e. The lowest BCUT2D eigenvalue weighted by Gasteiger charge is -2.39.